The third kappa shape index (κ3) is 5.87. The van der Waals surface area contributed by atoms with Gasteiger partial charge >= 0.3 is 0 Å². The number of nitrogens with one attached hydrogen (secondary N) is 1. The molecule has 0 saturated carbocycles. The number of carbonyl (C=O) groups is 1. The van der Waals surface area contributed by atoms with Crippen LogP contribution in [0.4, 0.5) is 10.1 Å². The summed E-state index contributed by atoms with van der Waals surface area (Å²) in [6.45, 7) is 5.67. The van der Waals surface area contributed by atoms with E-state index >= 15 is 0 Å². The molecule has 7 nitrogen and oxygen atoms in total. The molecule has 0 atom stereocenters. The van der Waals surface area contributed by atoms with E-state index in [9.17, 15) is 9.18 Å². The summed E-state index contributed by atoms with van der Waals surface area (Å²) in [5.74, 6) is 0.794. The van der Waals surface area contributed by atoms with Crippen LogP contribution < -0.4 is 10.2 Å². The summed E-state index contributed by atoms with van der Waals surface area (Å²) >= 11 is 0. The van der Waals surface area contributed by atoms with Crippen LogP contribution in [0.3, 0.4) is 0 Å². The number of carbonyl (C=O) groups excluding carboxylic acids is 1. The average Bonchev–Trinajstić information content (AvgIpc) is 3.25. The highest BCUT2D eigenvalue weighted by Gasteiger charge is 2.25. The van der Waals surface area contributed by atoms with Gasteiger partial charge in [-0.1, -0.05) is 6.07 Å². The zero-order valence-corrected chi connectivity index (χ0v) is 19.9. The smallest absolute Gasteiger partial charge is 0.289 e. The average molecular weight is 529 g/mol. The van der Waals surface area contributed by atoms with Gasteiger partial charge in [0.1, 0.15) is 5.82 Å². The number of benzene rings is 1. The second kappa shape index (κ2) is 11.2. The van der Waals surface area contributed by atoms with Crippen LogP contribution >= 0.6 is 24.0 Å². The third-order valence-corrected chi connectivity index (χ3v) is 4.84. The Morgan fingerprint density at radius 3 is 2.47 bits per heavy atom. The number of guanidine groups is 1. The zero-order valence-electron chi connectivity index (χ0n) is 17.6. The fraction of sp³-hybridized carbons (Fsp3) is 0.429. The number of hydrogen-bond donors (Lipinski definition) is 1. The maximum absolute atomic E-state index is 14.2. The molecule has 2 aromatic rings. The van der Waals surface area contributed by atoms with Crippen LogP contribution in [0.25, 0.3) is 0 Å². The molecule has 1 saturated heterocycles. The molecule has 0 radical (unpaired) electrons. The predicted octanol–water partition coefficient (Wildman–Crippen LogP) is 3.03. The molecule has 1 N–H and O–H groups in total. The van der Waals surface area contributed by atoms with Crippen LogP contribution in [0.15, 0.2) is 46.0 Å². The van der Waals surface area contributed by atoms with Crippen LogP contribution in [-0.4, -0.2) is 68.5 Å². The fourth-order valence-corrected chi connectivity index (χ4v) is 3.28. The molecule has 1 aliphatic rings. The van der Waals surface area contributed by atoms with E-state index in [1.165, 1.54) is 12.3 Å². The minimum absolute atomic E-state index is 0. The van der Waals surface area contributed by atoms with Gasteiger partial charge in [0.05, 0.1) is 18.5 Å². The lowest BCUT2D eigenvalue weighted by molar-refractivity contribution is 0.0657. The van der Waals surface area contributed by atoms with E-state index in [2.05, 4.69) is 15.2 Å². The van der Waals surface area contributed by atoms with Crippen molar-refractivity contribution in [2.24, 2.45) is 4.99 Å². The van der Waals surface area contributed by atoms with Crippen LogP contribution in [0.2, 0.25) is 0 Å². The van der Waals surface area contributed by atoms with Gasteiger partial charge in [0, 0.05) is 46.8 Å². The van der Waals surface area contributed by atoms with Gasteiger partial charge < -0.3 is 24.4 Å². The lowest BCUT2D eigenvalue weighted by atomic mass is 10.2. The summed E-state index contributed by atoms with van der Waals surface area (Å²) in [4.78, 5) is 22.7. The molecule has 1 aromatic carbocycles. The van der Waals surface area contributed by atoms with Gasteiger partial charge in [-0.05, 0) is 36.8 Å². The van der Waals surface area contributed by atoms with Gasteiger partial charge in [-0.2, -0.15) is 0 Å². The molecule has 0 spiro atoms. The summed E-state index contributed by atoms with van der Waals surface area (Å²) < 4.78 is 19.4. The summed E-state index contributed by atoms with van der Waals surface area (Å²) in [5.41, 5.74) is 1.37. The van der Waals surface area contributed by atoms with Crippen LogP contribution in [-0.2, 0) is 6.54 Å². The van der Waals surface area contributed by atoms with Gasteiger partial charge in [0.25, 0.3) is 5.91 Å². The minimum atomic E-state index is -0.252. The summed E-state index contributed by atoms with van der Waals surface area (Å²) in [7, 11) is 3.63. The third-order valence-electron chi connectivity index (χ3n) is 4.84. The van der Waals surface area contributed by atoms with Crippen molar-refractivity contribution in [2.45, 2.75) is 13.5 Å². The summed E-state index contributed by atoms with van der Waals surface area (Å²) in [5, 5.41) is 3.29. The van der Waals surface area contributed by atoms with E-state index in [4.69, 9.17) is 4.42 Å². The van der Waals surface area contributed by atoms with Crippen molar-refractivity contribution in [3.8, 4) is 0 Å². The van der Waals surface area contributed by atoms with Gasteiger partial charge in [-0.3, -0.25) is 4.79 Å². The van der Waals surface area contributed by atoms with Gasteiger partial charge in [0.2, 0.25) is 0 Å². The standard InChI is InChI=1S/C21H28FN5O2.HI/c1-4-23-21(24-15-16-7-8-18(25(2)3)17(22)14-16)27-11-9-26(10-12-27)20(28)19-6-5-13-29-19;/h5-8,13-14H,4,9-12,15H2,1-3H3,(H,23,24);1H. The van der Waals surface area contributed by atoms with Crippen molar-refractivity contribution in [3.05, 3.63) is 53.7 Å². The number of piperazine rings is 1. The van der Waals surface area contributed by atoms with E-state index in [0.717, 1.165) is 18.1 Å². The first kappa shape index (κ1) is 24.0. The molecule has 0 unspecified atom stereocenters. The van der Waals surface area contributed by atoms with E-state index in [1.807, 2.05) is 27.1 Å². The lowest BCUT2D eigenvalue weighted by Crippen LogP contribution is -2.53. The molecule has 30 heavy (non-hydrogen) atoms. The van der Waals surface area contributed by atoms with Crippen molar-refractivity contribution >= 4 is 41.5 Å². The zero-order chi connectivity index (χ0) is 20.8. The number of hydrogen-bond acceptors (Lipinski definition) is 4. The lowest BCUT2D eigenvalue weighted by Gasteiger charge is -2.36. The Labute approximate surface area is 193 Å². The normalized spacial score (nSPS) is 14.3. The first-order valence-electron chi connectivity index (χ1n) is 9.81. The Bertz CT molecular complexity index is 849. The number of furan rings is 1. The molecule has 0 aliphatic carbocycles. The largest absolute Gasteiger partial charge is 0.459 e. The van der Waals surface area contributed by atoms with Gasteiger partial charge in [-0.15, -0.1) is 24.0 Å². The molecule has 1 aromatic heterocycles. The molecule has 1 fully saturated rings. The number of aliphatic imine (C=N–C) groups is 1. The van der Waals surface area contributed by atoms with E-state index in [0.29, 0.717) is 44.2 Å². The van der Waals surface area contributed by atoms with Crippen molar-refractivity contribution in [2.75, 3.05) is 51.7 Å². The topological polar surface area (TPSA) is 64.3 Å². The van der Waals surface area contributed by atoms with Crippen LogP contribution in [0.1, 0.15) is 23.0 Å². The number of rotatable bonds is 5. The second-order valence-electron chi connectivity index (χ2n) is 7.11. The number of halogens is 2. The molecule has 0 bridgehead atoms. The van der Waals surface area contributed by atoms with Crippen molar-refractivity contribution in [1.29, 1.82) is 0 Å². The van der Waals surface area contributed by atoms with Gasteiger partial charge in [0.15, 0.2) is 11.7 Å². The second-order valence-corrected chi connectivity index (χ2v) is 7.11. The highest BCUT2D eigenvalue weighted by molar-refractivity contribution is 14.0. The quantitative estimate of drug-likeness (QED) is 0.367. The van der Waals surface area contributed by atoms with Crippen molar-refractivity contribution < 1.29 is 13.6 Å². The van der Waals surface area contributed by atoms with Crippen molar-refractivity contribution in [3.63, 3.8) is 0 Å². The molecular formula is C21H29FIN5O2. The summed E-state index contributed by atoms with van der Waals surface area (Å²) in [6.07, 6.45) is 1.51. The molecule has 2 heterocycles. The Morgan fingerprint density at radius 2 is 1.90 bits per heavy atom. The molecule has 9 heteroatoms. The number of amides is 1. The van der Waals surface area contributed by atoms with Crippen LogP contribution in [0, 0.1) is 5.82 Å². The van der Waals surface area contributed by atoms with Crippen LogP contribution in [0.5, 0.6) is 0 Å². The maximum Gasteiger partial charge on any atom is 0.289 e. The Kier molecular flexibility index (Phi) is 8.94. The SMILES string of the molecule is CCNC(=NCc1ccc(N(C)C)c(F)c1)N1CCN(C(=O)c2ccco2)CC1.I. The molecule has 3 rings (SSSR count). The number of anilines is 1. The molecule has 1 aliphatic heterocycles. The van der Waals surface area contributed by atoms with Gasteiger partial charge in [-0.25, -0.2) is 9.38 Å². The Hall–Kier alpha value is -2.30. The fourth-order valence-electron chi connectivity index (χ4n) is 3.28. The number of nitrogens with zero attached hydrogens (tertiary/aromatic N) is 4. The van der Waals surface area contributed by atoms with Crippen molar-refractivity contribution in [1.82, 2.24) is 15.1 Å². The molecular weight excluding hydrogens is 500 g/mol. The van der Waals surface area contributed by atoms with E-state index in [1.54, 1.807) is 28.0 Å². The highest BCUT2D eigenvalue weighted by Crippen LogP contribution is 2.19. The van der Waals surface area contributed by atoms with E-state index in [-0.39, 0.29) is 35.7 Å². The summed E-state index contributed by atoms with van der Waals surface area (Å²) in [6, 6.07) is 8.59. The predicted molar refractivity (Wildman–Crippen MR) is 127 cm³/mol. The first-order chi connectivity index (χ1) is 14.0. The Balaban J connectivity index is 0.00000320. The Morgan fingerprint density at radius 1 is 1.20 bits per heavy atom. The monoisotopic (exact) mass is 529 g/mol. The highest BCUT2D eigenvalue weighted by atomic mass is 127. The minimum Gasteiger partial charge on any atom is -0.459 e. The van der Waals surface area contributed by atoms with E-state index < -0.39 is 0 Å². The maximum atomic E-state index is 14.2. The molecule has 1 amide bonds. The first-order valence-corrected chi connectivity index (χ1v) is 9.81. The molecule has 164 valence electrons.